The maximum absolute atomic E-state index is 13.3. The van der Waals surface area contributed by atoms with E-state index in [1.807, 2.05) is 0 Å². The SMILES string of the molecule is CCCCCCCCCCCCC1(C2CC(C)(C)NC(C)(C)C2)CC(=O)N(C)C1=O. The highest BCUT2D eigenvalue weighted by Gasteiger charge is 2.57. The van der Waals surface area contributed by atoms with Gasteiger partial charge in [-0.2, -0.15) is 0 Å². The van der Waals surface area contributed by atoms with Crippen LogP contribution in [0.25, 0.3) is 0 Å². The number of nitrogens with zero attached hydrogens (tertiary/aromatic N) is 1. The zero-order chi connectivity index (χ0) is 22.4. The third kappa shape index (κ3) is 6.55. The quantitative estimate of drug-likeness (QED) is 0.301. The van der Waals surface area contributed by atoms with Crippen molar-refractivity contribution in [3.8, 4) is 0 Å². The molecule has 4 heteroatoms. The van der Waals surface area contributed by atoms with E-state index < -0.39 is 5.41 Å². The van der Waals surface area contributed by atoms with Crippen molar-refractivity contribution < 1.29 is 9.59 Å². The van der Waals surface area contributed by atoms with Gasteiger partial charge in [0.15, 0.2) is 0 Å². The summed E-state index contributed by atoms with van der Waals surface area (Å²) in [5.41, 5.74) is -0.508. The van der Waals surface area contributed by atoms with E-state index in [-0.39, 0.29) is 28.8 Å². The van der Waals surface area contributed by atoms with E-state index in [9.17, 15) is 9.59 Å². The Kier molecular flexibility index (Phi) is 8.97. The lowest BCUT2D eigenvalue weighted by molar-refractivity contribution is -0.142. The van der Waals surface area contributed by atoms with Crippen LogP contribution in [0.5, 0.6) is 0 Å². The summed E-state index contributed by atoms with van der Waals surface area (Å²) in [5, 5.41) is 3.74. The van der Waals surface area contributed by atoms with Gasteiger partial charge >= 0.3 is 0 Å². The molecule has 2 heterocycles. The first-order valence-electron chi connectivity index (χ1n) is 12.6. The molecule has 0 bridgehead atoms. The number of nitrogens with one attached hydrogen (secondary N) is 1. The molecule has 2 amide bonds. The summed E-state index contributed by atoms with van der Waals surface area (Å²) in [4.78, 5) is 27.3. The van der Waals surface area contributed by atoms with E-state index in [1.54, 1.807) is 7.05 Å². The minimum atomic E-state index is -0.484. The smallest absolute Gasteiger partial charge is 0.235 e. The average molecular weight is 421 g/mol. The van der Waals surface area contributed by atoms with Crippen molar-refractivity contribution in [3.63, 3.8) is 0 Å². The largest absolute Gasteiger partial charge is 0.307 e. The molecule has 1 unspecified atom stereocenters. The van der Waals surface area contributed by atoms with Crippen molar-refractivity contribution in [1.82, 2.24) is 10.2 Å². The van der Waals surface area contributed by atoms with Crippen LogP contribution in [0.4, 0.5) is 0 Å². The van der Waals surface area contributed by atoms with Crippen LogP contribution >= 0.6 is 0 Å². The second-order valence-electron chi connectivity index (χ2n) is 11.5. The van der Waals surface area contributed by atoms with Crippen LogP contribution < -0.4 is 5.32 Å². The van der Waals surface area contributed by atoms with E-state index in [0.29, 0.717) is 6.42 Å². The fraction of sp³-hybridized carbons (Fsp3) is 0.923. The van der Waals surface area contributed by atoms with Crippen LogP contribution in [0.1, 0.15) is 125 Å². The summed E-state index contributed by atoms with van der Waals surface area (Å²) in [6.45, 7) is 11.2. The number of piperidine rings is 1. The maximum Gasteiger partial charge on any atom is 0.235 e. The zero-order valence-corrected chi connectivity index (χ0v) is 20.7. The van der Waals surface area contributed by atoms with Crippen LogP contribution in [0.2, 0.25) is 0 Å². The van der Waals surface area contributed by atoms with Gasteiger partial charge in [0, 0.05) is 24.5 Å². The summed E-state index contributed by atoms with van der Waals surface area (Å²) in [7, 11) is 1.68. The number of imide groups is 1. The minimum Gasteiger partial charge on any atom is -0.307 e. The molecule has 0 saturated carbocycles. The van der Waals surface area contributed by atoms with Gasteiger partial charge in [-0.25, -0.2) is 0 Å². The molecule has 4 nitrogen and oxygen atoms in total. The lowest BCUT2D eigenvalue weighted by Gasteiger charge is -2.51. The van der Waals surface area contributed by atoms with Crippen LogP contribution in [0, 0.1) is 11.3 Å². The van der Waals surface area contributed by atoms with Gasteiger partial charge in [-0.05, 0) is 52.9 Å². The van der Waals surface area contributed by atoms with Crippen LogP contribution in [-0.2, 0) is 9.59 Å². The third-order valence-corrected chi connectivity index (χ3v) is 7.52. The van der Waals surface area contributed by atoms with Gasteiger partial charge in [-0.1, -0.05) is 71.1 Å². The van der Waals surface area contributed by atoms with Gasteiger partial charge in [-0.3, -0.25) is 14.5 Å². The predicted molar refractivity (Wildman–Crippen MR) is 125 cm³/mol. The molecule has 0 aromatic rings. The molecule has 0 aromatic carbocycles. The maximum atomic E-state index is 13.3. The van der Waals surface area contributed by atoms with E-state index in [1.165, 1.54) is 62.7 Å². The first-order chi connectivity index (χ1) is 14.0. The minimum absolute atomic E-state index is 0.0122. The van der Waals surface area contributed by atoms with Crippen molar-refractivity contribution >= 4 is 11.8 Å². The summed E-state index contributed by atoms with van der Waals surface area (Å²) >= 11 is 0. The van der Waals surface area contributed by atoms with E-state index in [0.717, 1.165) is 25.7 Å². The van der Waals surface area contributed by atoms with Gasteiger partial charge in [0.25, 0.3) is 0 Å². The monoisotopic (exact) mass is 420 g/mol. The highest BCUT2D eigenvalue weighted by molar-refractivity contribution is 6.05. The Morgan fingerprint density at radius 2 is 1.30 bits per heavy atom. The summed E-state index contributed by atoms with van der Waals surface area (Å²) in [6.07, 6.45) is 16.1. The van der Waals surface area contributed by atoms with E-state index in [2.05, 4.69) is 39.9 Å². The molecule has 2 aliphatic heterocycles. The molecule has 0 spiro atoms. The Balaban J connectivity index is 1.92. The Hall–Kier alpha value is -0.900. The van der Waals surface area contributed by atoms with E-state index >= 15 is 0 Å². The highest BCUT2D eigenvalue weighted by Crippen LogP contribution is 2.51. The molecule has 0 aliphatic carbocycles. The van der Waals surface area contributed by atoms with Crippen molar-refractivity contribution in [2.75, 3.05) is 7.05 Å². The Morgan fingerprint density at radius 1 is 0.833 bits per heavy atom. The predicted octanol–water partition coefficient (Wildman–Crippen LogP) is 6.23. The lowest BCUT2D eigenvalue weighted by Crippen LogP contribution is -2.60. The summed E-state index contributed by atoms with van der Waals surface area (Å²) in [6, 6.07) is 0. The highest BCUT2D eigenvalue weighted by atomic mass is 16.2. The van der Waals surface area contributed by atoms with Crippen molar-refractivity contribution in [3.05, 3.63) is 0 Å². The molecule has 0 aromatic heterocycles. The second kappa shape index (κ2) is 10.6. The molecule has 2 fully saturated rings. The number of rotatable bonds is 12. The number of hydrogen-bond acceptors (Lipinski definition) is 3. The first kappa shape index (κ1) is 25.4. The average Bonchev–Trinajstić information content (AvgIpc) is 2.85. The number of carbonyl (C=O) groups excluding carboxylic acids is 2. The lowest BCUT2D eigenvalue weighted by atomic mass is 9.61. The van der Waals surface area contributed by atoms with Crippen LogP contribution in [0.15, 0.2) is 0 Å². The van der Waals surface area contributed by atoms with Gasteiger partial charge in [0.1, 0.15) is 0 Å². The number of carbonyl (C=O) groups is 2. The number of unbranched alkanes of at least 4 members (excludes halogenated alkanes) is 9. The Bertz CT molecular complexity index is 568. The zero-order valence-electron chi connectivity index (χ0n) is 20.7. The molecule has 2 aliphatic rings. The fourth-order valence-electron chi connectivity index (χ4n) is 6.27. The molecule has 0 radical (unpaired) electrons. The van der Waals surface area contributed by atoms with Crippen LogP contribution in [-0.4, -0.2) is 34.8 Å². The van der Waals surface area contributed by atoms with E-state index in [4.69, 9.17) is 0 Å². The van der Waals surface area contributed by atoms with Crippen molar-refractivity contribution in [2.45, 2.75) is 136 Å². The standard InChI is InChI=1S/C26H48N2O2/c1-7-8-9-10-11-12-13-14-15-16-17-26(20-22(29)28(6)23(26)30)21-18-24(2,3)27-25(4,5)19-21/h21,27H,7-20H2,1-6H3. The topological polar surface area (TPSA) is 49.4 Å². The van der Waals surface area contributed by atoms with Gasteiger partial charge in [0.2, 0.25) is 11.8 Å². The molecular weight excluding hydrogens is 372 g/mol. The molecule has 2 rings (SSSR count). The molecular formula is C26H48N2O2. The summed E-state index contributed by atoms with van der Waals surface area (Å²) < 4.78 is 0. The number of likely N-dealkylation sites (tertiary alicyclic amines) is 1. The number of hydrogen-bond donors (Lipinski definition) is 1. The van der Waals surface area contributed by atoms with Gasteiger partial charge < -0.3 is 5.32 Å². The second-order valence-corrected chi connectivity index (χ2v) is 11.5. The van der Waals surface area contributed by atoms with Crippen molar-refractivity contribution in [1.29, 1.82) is 0 Å². The Labute approximate surface area is 185 Å². The fourth-order valence-corrected chi connectivity index (χ4v) is 6.27. The molecule has 30 heavy (non-hydrogen) atoms. The molecule has 1 atom stereocenters. The third-order valence-electron chi connectivity index (χ3n) is 7.52. The van der Waals surface area contributed by atoms with Crippen LogP contribution in [0.3, 0.4) is 0 Å². The van der Waals surface area contributed by atoms with Crippen molar-refractivity contribution in [2.24, 2.45) is 11.3 Å². The normalized spacial score (nSPS) is 26.5. The number of amides is 2. The Morgan fingerprint density at radius 3 is 1.73 bits per heavy atom. The molecule has 1 N–H and O–H groups in total. The van der Waals surface area contributed by atoms with Gasteiger partial charge in [0.05, 0.1) is 5.41 Å². The molecule has 2 saturated heterocycles. The van der Waals surface area contributed by atoms with Gasteiger partial charge in [-0.15, -0.1) is 0 Å². The summed E-state index contributed by atoms with van der Waals surface area (Å²) in [5.74, 6) is 0.367. The molecule has 174 valence electrons. The first-order valence-corrected chi connectivity index (χ1v) is 12.6.